The number of rotatable bonds is 9. The van der Waals surface area contributed by atoms with Gasteiger partial charge in [-0.05, 0) is 55.7 Å². The third kappa shape index (κ3) is 7.24. The van der Waals surface area contributed by atoms with Crippen LogP contribution < -0.4 is 10.6 Å². The second kappa shape index (κ2) is 12.7. The van der Waals surface area contributed by atoms with Gasteiger partial charge in [-0.1, -0.05) is 32.4 Å². The molecule has 2 aromatic rings. The molecule has 2 aliphatic carbocycles. The summed E-state index contributed by atoms with van der Waals surface area (Å²) in [4.78, 5) is 25.5. The van der Waals surface area contributed by atoms with Crippen LogP contribution in [0.15, 0.2) is 35.2 Å². The van der Waals surface area contributed by atoms with Gasteiger partial charge >= 0.3 is 0 Å². The molecule has 0 spiro atoms. The SMILES string of the molecule is CC(C)(C)C(=O)NCC(O)C(O)C[C@@]1(O)C2CC[C@H]1C[C@H](Sc1cc(C(=O)Nc3cc(F)c(F)c(F)c3)ccc1Cl)C2. The summed E-state index contributed by atoms with van der Waals surface area (Å²) in [6.07, 6.45) is 0.348. The Balaban J connectivity index is 1.38. The van der Waals surface area contributed by atoms with Crippen LogP contribution in [0.25, 0.3) is 0 Å². The Hall–Kier alpha value is -2.31. The zero-order valence-corrected chi connectivity index (χ0v) is 25.2. The van der Waals surface area contributed by atoms with Crippen LogP contribution in [-0.4, -0.2) is 56.7 Å². The molecular weight excluding hydrogens is 593 g/mol. The lowest BCUT2D eigenvalue weighted by Crippen LogP contribution is -2.51. The van der Waals surface area contributed by atoms with Crippen LogP contribution in [0.5, 0.6) is 0 Å². The highest BCUT2D eigenvalue weighted by Gasteiger charge is 2.54. The molecular formula is C30H36ClF3N2O5S. The van der Waals surface area contributed by atoms with Crippen molar-refractivity contribution in [3.05, 3.63) is 58.4 Å². The Bertz CT molecular complexity index is 1300. The van der Waals surface area contributed by atoms with Gasteiger partial charge in [0.25, 0.3) is 5.91 Å². The minimum atomic E-state index is -1.62. The topological polar surface area (TPSA) is 119 Å². The number of hydrogen-bond donors (Lipinski definition) is 5. The lowest BCUT2D eigenvalue weighted by atomic mass is 9.71. The van der Waals surface area contributed by atoms with E-state index in [2.05, 4.69) is 10.6 Å². The number of benzene rings is 2. The van der Waals surface area contributed by atoms with Crippen LogP contribution in [0.3, 0.4) is 0 Å². The molecule has 7 nitrogen and oxygen atoms in total. The average Bonchev–Trinajstić information content (AvgIpc) is 3.06. The molecule has 0 saturated heterocycles. The molecule has 230 valence electrons. The van der Waals surface area contributed by atoms with E-state index in [-0.39, 0.29) is 47.2 Å². The zero-order valence-electron chi connectivity index (χ0n) is 23.6. The monoisotopic (exact) mass is 628 g/mol. The molecule has 6 atom stereocenters. The maximum atomic E-state index is 13.6. The first-order chi connectivity index (χ1) is 19.6. The maximum absolute atomic E-state index is 13.6. The van der Waals surface area contributed by atoms with Gasteiger partial charge in [0, 0.05) is 51.9 Å². The fourth-order valence-corrected chi connectivity index (χ4v) is 7.50. The van der Waals surface area contributed by atoms with Crippen molar-refractivity contribution in [2.45, 2.75) is 80.8 Å². The Labute approximate surface area is 252 Å². The number of carbonyl (C=O) groups excluding carboxylic acids is 2. The first-order valence-electron chi connectivity index (χ1n) is 13.9. The molecule has 42 heavy (non-hydrogen) atoms. The van der Waals surface area contributed by atoms with Crippen LogP contribution in [0, 0.1) is 34.7 Å². The fraction of sp³-hybridized carbons (Fsp3) is 0.533. The van der Waals surface area contributed by atoms with Crippen LogP contribution in [0.2, 0.25) is 5.02 Å². The predicted molar refractivity (Wildman–Crippen MR) is 155 cm³/mol. The molecule has 2 saturated carbocycles. The van der Waals surface area contributed by atoms with Crippen molar-refractivity contribution >= 4 is 40.9 Å². The number of aliphatic hydroxyl groups excluding tert-OH is 2. The molecule has 2 bridgehead atoms. The van der Waals surface area contributed by atoms with E-state index in [9.17, 15) is 38.1 Å². The number of fused-ring (bicyclic) bond motifs is 2. The highest BCUT2D eigenvalue weighted by Crippen LogP contribution is 2.55. The van der Waals surface area contributed by atoms with E-state index in [0.29, 0.717) is 34.9 Å². The summed E-state index contributed by atoms with van der Waals surface area (Å²) >= 11 is 7.90. The summed E-state index contributed by atoms with van der Waals surface area (Å²) in [6.45, 7) is 5.13. The van der Waals surface area contributed by atoms with Crippen molar-refractivity contribution in [1.29, 1.82) is 0 Å². The average molecular weight is 629 g/mol. The summed E-state index contributed by atoms with van der Waals surface area (Å²) < 4.78 is 40.4. The standard InChI is InChI=1S/C30H36ClF3N2O5S/c1-29(2,3)28(40)35-14-24(38)23(37)13-30(41)16-5-6-17(30)10-19(9-16)42-25-8-15(4-7-20(25)31)27(39)36-18-11-21(32)26(34)22(33)12-18/h4,7-8,11-12,16-17,19,23-24,37-38,41H,5-6,9-10,13-14H2,1-3H3,(H,35,40)(H,36,39)/t16-,17?,19-,23?,24?,30-/m0/s1. The Morgan fingerprint density at radius 3 is 2.21 bits per heavy atom. The molecule has 2 aliphatic rings. The van der Waals surface area contributed by atoms with E-state index in [4.69, 9.17) is 11.6 Å². The van der Waals surface area contributed by atoms with E-state index < -0.39 is 46.6 Å². The lowest BCUT2D eigenvalue weighted by Gasteiger charge is -2.44. The van der Waals surface area contributed by atoms with Gasteiger partial charge in [-0.15, -0.1) is 11.8 Å². The predicted octanol–water partition coefficient (Wildman–Crippen LogP) is 5.30. The number of hydrogen-bond acceptors (Lipinski definition) is 6. The summed E-state index contributed by atoms with van der Waals surface area (Å²) in [5, 5.41) is 38.3. The van der Waals surface area contributed by atoms with Crippen LogP contribution in [0.1, 0.15) is 63.2 Å². The molecule has 0 heterocycles. The molecule has 4 rings (SSSR count). The Morgan fingerprint density at radius 2 is 1.64 bits per heavy atom. The molecule has 12 heteroatoms. The number of thioether (sulfide) groups is 1. The minimum Gasteiger partial charge on any atom is -0.390 e. The van der Waals surface area contributed by atoms with Gasteiger partial charge in [-0.3, -0.25) is 9.59 Å². The van der Waals surface area contributed by atoms with E-state index in [1.165, 1.54) is 17.8 Å². The summed E-state index contributed by atoms with van der Waals surface area (Å²) in [7, 11) is 0. The van der Waals surface area contributed by atoms with Gasteiger partial charge in [-0.25, -0.2) is 13.2 Å². The van der Waals surface area contributed by atoms with Crippen molar-refractivity contribution in [1.82, 2.24) is 5.32 Å². The van der Waals surface area contributed by atoms with Crippen LogP contribution in [0.4, 0.5) is 18.9 Å². The maximum Gasteiger partial charge on any atom is 0.255 e. The highest BCUT2D eigenvalue weighted by atomic mass is 35.5. The number of amides is 2. The van der Waals surface area contributed by atoms with Gasteiger partial charge in [-0.2, -0.15) is 0 Å². The second-order valence-corrected chi connectivity index (χ2v) is 14.1. The van der Waals surface area contributed by atoms with Crippen molar-refractivity contribution in [3.8, 4) is 0 Å². The van der Waals surface area contributed by atoms with Crippen LogP contribution >= 0.6 is 23.4 Å². The van der Waals surface area contributed by atoms with E-state index in [0.717, 1.165) is 12.8 Å². The number of anilines is 1. The van der Waals surface area contributed by atoms with Crippen LogP contribution in [-0.2, 0) is 4.79 Å². The normalized spacial score (nSPS) is 25.1. The fourth-order valence-electron chi connectivity index (χ4n) is 5.85. The molecule has 0 aromatic heterocycles. The Kier molecular flexibility index (Phi) is 9.89. The molecule has 2 fully saturated rings. The van der Waals surface area contributed by atoms with Crippen molar-refractivity contribution in [2.24, 2.45) is 17.3 Å². The van der Waals surface area contributed by atoms with Crippen molar-refractivity contribution < 1.29 is 38.1 Å². The molecule has 2 amide bonds. The lowest BCUT2D eigenvalue weighted by molar-refractivity contribution is -0.130. The first-order valence-corrected chi connectivity index (χ1v) is 15.1. The third-order valence-electron chi connectivity index (χ3n) is 8.23. The highest BCUT2D eigenvalue weighted by molar-refractivity contribution is 8.00. The summed E-state index contributed by atoms with van der Waals surface area (Å²) in [5.74, 6) is -5.59. The summed E-state index contributed by atoms with van der Waals surface area (Å²) in [5.41, 5.74) is -1.83. The van der Waals surface area contributed by atoms with Gasteiger partial charge in [0.15, 0.2) is 17.5 Å². The van der Waals surface area contributed by atoms with E-state index in [1.807, 2.05) is 0 Å². The van der Waals surface area contributed by atoms with Gasteiger partial charge in [0.1, 0.15) is 0 Å². The van der Waals surface area contributed by atoms with E-state index in [1.54, 1.807) is 32.9 Å². The largest absolute Gasteiger partial charge is 0.390 e. The molecule has 0 radical (unpaired) electrons. The zero-order chi connectivity index (χ0) is 31.0. The Morgan fingerprint density at radius 1 is 1.05 bits per heavy atom. The smallest absolute Gasteiger partial charge is 0.255 e. The van der Waals surface area contributed by atoms with Crippen molar-refractivity contribution in [3.63, 3.8) is 0 Å². The molecule has 5 N–H and O–H groups in total. The molecule has 0 aliphatic heterocycles. The molecule has 3 unspecified atom stereocenters. The molecule has 2 aromatic carbocycles. The minimum absolute atomic E-state index is 0.00668. The summed E-state index contributed by atoms with van der Waals surface area (Å²) in [6, 6.07) is 5.98. The third-order valence-corrected chi connectivity index (χ3v) is 9.99. The number of halogens is 4. The first kappa shape index (κ1) is 32.6. The quantitative estimate of drug-likeness (QED) is 0.241. The number of aliphatic hydroxyl groups is 3. The van der Waals surface area contributed by atoms with Gasteiger partial charge in [0.2, 0.25) is 5.91 Å². The van der Waals surface area contributed by atoms with Gasteiger partial charge < -0.3 is 26.0 Å². The van der Waals surface area contributed by atoms with E-state index >= 15 is 0 Å². The second-order valence-electron chi connectivity index (χ2n) is 12.3. The number of carbonyl (C=O) groups is 2. The van der Waals surface area contributed by atoms with Gasteiger partial charge in [0.05, 0.1) is 22.8 Å². The number of nitrogens with one attached hydrogen (secondary N) is 2. The van der Waals surface area contributed by atoms with Crippen molar-refractivity contribution in [2.75, 3.05) is 11.9 Å².